The predicted molar refractivity (Wildman–Crippen MR) is 80.2 cm³/mol. The van der Waals surface area contributed by atoms with Gasteiger partial charge in [0.05, 0.1) is 17.4 Å². The number of rotatable bonds is 5. The predicted octanol–water partition coefficient (Wildman–Crippen LogP) is 2.68. The molecule has 7 heteroatoms. The van der Waals surface area contributed by atoms with Crippen LogP contribution in [0.15, 0.2) is 41.6 Å². The zero-order valence-corrected chi connectivity index (χ0v) is 11.9. The quantitative estimate of drug-likeness (QED) is 0.301. The van der Waals surface area contributed by atoms with E-state index in [0.717, 1.165) is 5.39 Å². The number of carbonyl (C=O) groups is 1. The number of nitro groups is 1. The minimum Gasteiger partial charge on any atom is -0.464 e. The van der Waals surface area contributed by atoms with Gasteiger partial charge in [-0.3, -0.25) is 10.1 Å². The summed E-state index contributed by atoms with van der Waals surface area (Å²) >= 11 is 0. The molecule has 2 aromatic carbocycles. The van der Waals surface area contributed by atoms with Gasteiger partial charge in [-0.2, -0.15) is 0 Å². The van der Waals surface area contributed by atoms with E-state index in [1.165, 1.54) is 7.11 Å². The van der Waals surface area contributed by atoms with Crippen LogP contribution in [0, 0.1) is 10.1 Å². The molecule has 1 N–H and O–H groups in total. The summed E-state index contributed by atoms with van der Waals surface area (Å²) in [4.78, 5) is 22.3. The smallest absolute Gasteiger partial charge is 0.355 e. The minimum atomic E-state index is -0.758. The summed E-state index contributed by atoms with van der Waals surface area (Å²) in [5.41, 5.74) is 0.291. The lowest BCUT2D eigenvalue weighted by molar-refractivity contribution is -0.383. The maximum atomic E-state index is 11.4. The second-order valence-corrected chi connectivity index (χ2v) is 4.59. The summed E-state index contributed by atoms with van der Waals surface area (Å²) in [7, 11) is 1.17. The molecule has 0 fully saturated rings. The third-order valence-corrected chi connectivity index (χ3v) is 3.34. The third-order valence-electron chi connectivity index (χ3n) is 3.34. The van der Waals surface area contributed by atoms with Gasteiger partial charge in [-0.1, -0.05) is 35.5 Å². The molecule has 0 spiro atoms. The molecule has 0 heterocycles. The van der Waals surface area contributed by atoms with Crippen LogP contribution >= 0.6 is 0 Å². The van der Waals surface area contributed by atoms with E-state index in [0.29, 0.717) is 10.9 Å². The van der Waals surface area contributed by atoms with Crippen molar-refractivity contribution in [1.29, 1.82) is 0 Å². The number of ether oxygens (including phenoxy) is 1. The highest BCUT2D eigenvalue weighted by Crippen LogP contribution is 2.30. The SMILES string of the molecule is COC(=O)/C(CCc1ccc2ccccc2c1[N+](=O)[O-])=N/O. The fraction of sp³-hybridized carbons (Fsp3) is 0.200. The number of hydrogen-bond donors (Lipinski definition) is 1. The van der Waals surface area contributed by atoms with Crippen LogP contribution in [0.25, 0.3) is 10.8 Å². The van der Waals surface area contributed by atoms with Crippen LogP contribution in [-0.2, 0) is 16.0 Å². The molecular weight excluding hydrogens is 288 g/mol. The molecule has 0 aliphatic carbocycles. The van der Waals surface area contributed by atoms with Crippen LogP contribution in [0.2, 0.25) is 0 Å². The van der Waals surface area contributed by atoms with Gasteiger partial charge >= 0.3 is 5.97 Å². The molecule has 2 rings (SSSR count). The molecule has 0 bridgehead atoms. The van der Waals surface area contributed by atoms with Crippen molar-refractivity contribution in [2.45, 2.75) is 12.8 Å². The number of nitrogens with zero attached hydrogens (tertiary/aromatic N) is 2. The molecular formula is C15H14N2O5. The molecule has 7 nitrogen and oxygen atoms in total. The van der Waals surface area contributed by atoms with Crippen LogP contribution < -0.4 is 0 Å². The Hall–Kier alpha value is -2.96. The number of aryl methyl sites for hydroxylation is 1. The maximum Gasteiger partial charge on any atom is 0.355 e. The number of benzene rings is 2. The lowest BCUT2D eigenvalue weighted by atomic mass is 10.00. The van der Waals surface area contributed by atoms with Crippen molar-refractivity contribution in [3.05, 3.63) is 52.1 Å². The van der Waals surface area contributed by atoms with E-state index in [4.69, 9.17) is 5.21 Å². The first-order valence-electron chi connectivity index (χ1n) is 6.52. The Morgan fingerprint density at radius 1 is 1.32 bits per heavy atom. The molecule has 22 heavy (non-hydrogen) atoms. The van der Waals surface area contributed by atoms with Gasteiger partial charge in [-0.05, 0) is 17.9 Å². The van der Waals surface area contributed by atoms with E-state index in [1.54, 1.807) is 36.4 Å². The zero-order valence-electron chi connectivity index (χ0n) is 11.9. The highest BCUT2D eigenvalue weighted by molar-refractivity contribution is 6.36. The fourth-order valence-electron chi connectivity index (χ4n) is 2.28. The molecule has 114 valence electrons. The van der Waals surface area contributed by atoms with Crippen molar-refractivity contribution in [2.75, 3.05) is 7.11 Å². The largest absolute Gasteiger partial charge is 0.464 e. The average molecular weight is 302 g/mol. The monoisotopic (exact) mass is 302 g/mol. The summed E-state index contributed by atoms with van der Waals surface area (Å²) in [6, 6.07) is 10.4. The second kappa shape index (κ2) is 6.66. The Morgan fingerprint density at radius 2 is 2.05 bits per heavy atom. The number of methoxy groups -OCH3 is 1. The summed E-state index contributed by atoms with van der Waals surface area (Å²) in [6.45, 7) is 0. The van der Waals surface area contributed by atoms with Crippen molar-refractivity contribution >= 4 is 28.1 Å². The topological polar surface area (TPSA) is 102 Å². The van der Waals surface area contributed by atoms with Crippen molar-refractivity contribution in [3.8, 4) is 0 Å². The van der Waals surface area contributed by atoms with Gasteiger partial charge in [0, 0.05) is 12.0 Å². The van der Waals surface area contributed by atoms with E-state index in [-0.39, 0.29) is 24.2 Å². The molecule has 0 atom stereocenters. The Balaban J connectivity index is 2.37. The Morgan fingerprint density at radius 3 is 2.68 bits per heavy atom. The zero-order chi connectivity index (χ0) is 16.1. The van der Waals surface area contributed by atoms with Gasteiger partial charge in [0.1, 0.15) is 0 Å². The maximum absolute atomic E-state index is 11.4. The van der Waals surface area contributed by atoms with Gasteiger partial charge < -0.3 is 9.94 Å². The summed E-state index contributed by atoms with van der Waals surface area (Å²) < 4.78 is 4.48. The van der Waals surface area contributed by atoms with E-state index in [9.17, 15) is 14.9 Å². The van der Waals surface area contributed by atoms with Crippen LogP contribution in [0.5, 0.6) is 0 Å². The van der Waals surface area contributed by atoms with Crippen molar-refractivity contribution in [3.63, 3.8) is 0 Å². The lowest BCUT2D eigenvalue weighted by Crippen LogP contribution is -2.16. The van der Waals surface area contributed by atoms with Crippen molar-refractivity contribution in [2.24, 2.45) is 5.16 Å². The first-order valence-corrected chi connectivity index (χ1v) is 6.52. The number of esters is 1. The van der Waals surface area contributed by atoms with Gasteiger partial charge in [0.2, 0.25) is 0 Å². The molecule has 2 aromatic rings. The molecule has 0 amide bonds. The van der Waals surface area contributed by atoms with E-state index in [2.05, 4.69) is 9.89 Å². The second-order valence-electron chi connectivity index (χ2n) is 4.59. The minimum absolute atomic E-state index is 0.000237. The molecule has 0 aliphatic rings. The highest BCUT2D eigenvalue weighted by Gasteiger charge is 2.20. The normalized spacial score (nSPS) is 11.4. The standard InChI is InChI=1S/C15H14N2O5/c1-22-15(18)13(16-19)9-8-11-7-6-10-4-2-3-5-12(10)14(11)17(20)21/h2-7,19H,8-9H2,1H3/b16-13+. The van der Waals surface area contributed by atoms with Gasteiger partial charge in [0.25, 0.3) is 5.69 Å². The first kappa shape index (κ1) is 15.4. The highest BCUT2D eigenvalue weighted by atomic mass is 16.6. The van der Waals surface area contributed by atoms with E-state index < -0.39 is 10.9 Å². The Kier molecular flexibility index (Phi) is 4.67. The first-order chi connectivity index (χ1) is 10.6. The van der Waals surface area contributed by atoms with Crippen molar-refractivity contribution < 1.29 is 19.7 Å². The molecule has 0 saturated carbocycles. The Labute approximate surface area is 126 Å². The summed E-state index contributed by atoms with van der Waals surface area (Å²) in [5.74, 6) is -0.758. The number of carbonyl (C=O) groups excluding carboxylic acids is 1. The average Bonchev–Trinajstić information content (AvgIpc) is 2.54. The summed E-state index contributed by atoms with van der Waals surface area (Å²) in [6.07, 6.45) is 0.234. The van der Waals surface area contributed by atoms with Crippen LogP contribution in [-0.4, -0.2) is 28.9 Å². The van der Waals surface area contributed by atoms with E-state index >= 15 is 0 Å². The van der Waals surface area contributed by atoms with Crippen LogP contribution in [0.3, 0.4) is 0 Å². The fourth-order valence-corrected chi connectivity index (χ4v) is 2.28. The van der Waals surface area contributed by atoms with Gasteiger partial charge in [-0.15, -0.1) is 0 Å². The van der Waals surface area contributed by atoms with E-state index in [1.807, 2.05) is 0 Å². The molecule has 0 aromatic heterocycles. The van der Waals surface area contributed by atoms with Gasteiger partial charge in [0.15, 0.2) is 5.71 Å². The molecule has 0 saturated heterocycles. The molecule has 0 unspecified atom stereocenters. The van der Waals surface area contributed by atoms with Crippen LogP contribution in [0.4, 0.5) is 5.69 Å². The third kappa shape index (κ3) is 3.03. The molecule has 0 aliphatic heterocycles. The lowest BCUT2D eigenvalue weighted by Gasteiger charge is -2.07. The molecule has 0 radical (unpaired) electrons. The van der Waals surface area contributed by atoms with Crippen molar-refractivity contribution in [1.82, 2.24) is 0 Å². The number of oxime groups is 1. The number of hydrogen-bond acceptors (Lipinski definition) is 6. The number of nitro benzene ring substituents is 1. The van der Waals surface area contributed by atoms with Gasteiger partial charge in [-0.25, -0.2) is 4.79 Å². The van der Waals surface area contributed by atoms with Crippen LogP contribution in [0.1, 0.15) is 12.0 Å². The number of fused-ring (bicyclic) bond motifs is 1. The summed E-state index contributed by atoms with van der Waals surface area (Å²) in [5, 5.41) is 24.4. The Bertz CT molecular complexity index is 755.